The minimum absolute atomic E-state index is 0.618. The van der Waals surface area contributed by atoms with Gasteiger partial charge in [0.05, 0.1) is 0 Å². The van der Waals surface area contributed by atoms with Crippen molar-refractivity contribution in [2.45, 2.75) is 37.3 Å². The Morgan fingerprint density at radius 3 is 1.25 bits per heavy atom. The van der Waals surface area contributed by atoms with Crippen molar-refractivity contribution in [2.75, 3.05) is 0 Å². The van der Waals surface area contributed by atoms with Crippen molar-refractivity contribution in [2.24, 2.45) is 0 Å². The van der Waals surface area contributed by atoms with Crippen LogP contribution in [0.15, 0.2) is 0 Å². The van der Waals surface area contributed by atoms with Crippen molar-refractivity contribution in [3.8, 4) is 0 Å². The molecule has 8 heavy (non-hydrogen) atoms. The van der Waals surface area contributed by atoms with E-state index in [1.165, 1.54) is 12.8 Å². The number of hydrogen-bond donors (Lipinski definition) is 0. The predicted molar refractivity (Wildman–Crippen MR) is 43.1 cm³/mol. The lowest BCUT2D eigenvalue weighted by Crippen LogP contribution is -2.36. The molecule has 1 saturated carbocycles. The van der Waals surface area contributed by atoms with Crippen molar-refractivity contribution in [1.82, 2.24) is 0 Å². The van der Waals surface area contributed by atoms with Crippen LogP contribution in [0.1, 0.15) is 26.7 Å². The van der Waals surface area contributed by atoms with E-state index in [-0.39, 0.29) is 0 Å². The van der Waals surface area contributed by atoms with Gasteiger partial charge in [-0.3, -0.25) is 0 Å². The van der Waals surface area contributed by atoms with Crippen molar-refractivity contribution in [1.29, 1.82) is 0 Å². The monoisotopic (exact) mass is 108 g/mol. The first kappa shape index (κ1) is 6.25. The number of hydrogen-bond acceptors (Lipinski definition) is 0. The Morgan fingerprint density at radius 1 is 1.00 bits per heavy atom. The lowest BCUT2D eigenvalue weighted by Gasteiger charge is -2.53. The third-order valence-corrected chi connectivity index (χ3v) is 3.21. The van der Waals surface area contributed by atoms with E-state index in [1.807, 2.05) is 0 Å². The first-order valence-corrected chi connectivity index (χ1v) is 3.46. The van der Waals surface area contributed by atoms with Crippen molar-refractivity contribution in [3.63, 3.8) is 0 Å². The Balaban J connectivity index is 2.63. The van der Waals surface area contributed by atoms with Crippen molar-refractivity contribution < 1.29 is 0 Å². The molecule has 0 aromatic rings. The molecule has 0 bridgehead atoms. The largest absolute Gasteiger partial charge is 0.108 e. The molecule has 0 aliphatic heterocycles. The first-order valence-electron chi connectivity index (χ1n) is 3.46. The van der Waals surface area contributed by atoms with Crippen LogP contribution in [0.4, 0.5) is 0 Å². The summed E-state index contributed by atoms with van der Waals surface area (Å²) in [7, 11) is 4.72. The molecule has 0 heterocycles. The fourth-order valence-electron chi connectivity index (χ4n) is 1.12. The third-order valence-electron chi connectivity index (χ3n) is 3.21. The van der Waals surface area contributed by atoms with Gasteiger partial charge in [0, 0.05) is 0 Å². The maximum atomic E-state index is 2.36. The van der Waals surface area contributed by atoms with Gasteiger partial charge in [-0.2, -0.15) is 0 Å². The highest BCUT2D eigenvalue weighted by Gasteiger charge is 2.44. The molecule has 0 amide bonds. The molecule has 2 unspecified atom stereocenters. The molecule has 1 aliphatic carbocycles. The SMILES string of the molecule is BC1(C)CCC1(B)C. The predicted octanol–water partition coefficient (Wildman–Crippen LogP) is 0.404. The van der Waals surface area contributed by atoms with Gasteiger partial charge in [-0.1, -0.05) is 37.3 Å². The van der Waals surface area contributed by atoms with Crippen LogP contribution in [0.5, 0.6) is 0 Å². The van der Waals surface area contributed by atoms with Gasteiger partial charge in [-0.15, -0.1) is 0 Å². The molecule has 0 radical (unpaired) electrons. The first-order chi connectivity index (χ1) is 3.46. The average molecular weight is 108 g/mol. The van der Waals surface area contributed by atoms with Crippen LogP contribution in [0, 0.1) is 0 Å². The van der Waals surface area contributed by atoms with E-state index in [4.69, 9.17) is 0 Å². The Bertz CT molecular complexity index is 91.1. The molecule has 0 aromatic carbocycles. The lowest BCUT2D eigenvalue weighted by atomic mass is 9.35. The summed E-state index contributed by atoms with van der Waals surface area (Å²) in [5.74, 6) is 0. The Labute approximate surface area is 53.9 Å². The van der Waals surface area contributed by atoms with Gasteiger partial charge in [0.25, 0.3) is 0 Å². The standard InChI is InChI=1S/C6H14B2/c1-5(7)3-4-6(5,2)8/h3-4,7-8H2,1-2H3. The lowest BCUT2D eigenvalue weighted by molar-refractivity contribution is 0.262. The van der Waals surface area contributed by atoms with E-state index in [0.29, 0.717) is 10.6 Å². The second-order valence-electron chi connectivity index (χ2n) is 4.27. The highest BCUT2D eigenvalue weighted by Crippen LogP contribution is 2.63. The topological polar surface area (TPSA) is 0 Å². The molecule has 0 aromatic heterocycles. The van der Waals surface area contributed by atoms with E-state index in [2.05, 4.69) is 29.5 Å². The van der Waals surface area contributed by atoms with Crippen LogP contribution in [0.2, 0.25) is 10.6 Å². The normalized spacial score (nSPS) is 55.2. The summed E-state index contributed by atoms with van der Waals surface area (Å²) in [6, 6.07) is 0. The zero-order valence-corrected chi connectivity index (χ0v) is 6.41. The molecule has 0 spiro atoms. The highest BCUT2D eigenvalue weighted by atomic mass is 14.4. The zero-order chi connectivity index (χ0) is 6.41. The maximum Gasteiger partial charge on any atom is 0.108 e. The molecular formula is C6H14B2. The van der Waals surface area contributed by atoms with Gasteiger partial charge in [0.2, 0.25) is 0 Å². The molecule has 2 heteroatoms. The molecule has 0 nitrogen and oxygen atoms in total. The fraction of sp³-hybridized carbons (Fsp3) is 1.00. The zero-order valence-electron chi connectivity index (χ0n) is 6.41. The molecule has 0 N–H and O–H groups in total. The van der Waals surface area contributed by atoms with Gasteiger partial charge >= 0.3 is 0 Å². The third kappa shape index (κ3) is 0.620. The van der Waals surface area contributed by atoms with Crippen LogP contribution in [0.25, 0.3) is 0 Å². The van der Waals surface area contributed by atoms with Gasteiger partial charge in [0.15, 0.2) is 0 Å². The van der Waals surface area contributed by atoms with Crippen molar-refractivity contribution >= 4 is 15.7 Å². The van der Waals surface area contributed by atoms with Crippen LogP contribution < -0.4 is 0 Å². The number of rotatable bonds is 0. The van der Waals surface area contributed by atoms with Gasteiger partial charge < -0.3 is 0 Å². The molecule has 1 aliphatic rings. The Kier molecular flexibility index (Phi) is 1.05. The van der Waals surface area contributed by atoms with Gasteiger partial charge in [-0.05, 0) is 0 Å². The molecule has 0 saturated heterocycles. The summed E-state index contributed by atoms with van der Waals surface area (Å²) in [5, 5.41) is 1.24. The van der Waals surface area contributed by atoms with E-state index < -0.39 is 0 Å². The molecule has 1 rings (SSSR count). The summed E-state index contributed by atoms with van der Waals surface area (Å²) in [6.07, 6.45) is 2.83. The summed E-state index contributed by atoms with van der Waals surface area (Å²) in [5.41, 5.74) is 0. The van der Waals surface area contributed by atoms with Crippen LogP contribution in [-0.2, 0) is 0 Å². The second-order valence-corrected chi connectivity index (χ2v) is 4.27. The summed E-state index contributed by atoms with van der Waals surface area (Å²) in [4.78, 5) is 0. The minimum atomic E-state index is 0.618. The second kappa shape index (κ2) is 1.34. The van der Waals surface area contributed by atoms with E-state index >= 15 is 0 Å². The molecule has 44 valence electrons. The smallest absolute Gasteiger partial charge is 0.0671 e. The van der Waals surface area contributed by atoms with E-state index in [9.17, 15) is 0 Å². The van der Waals surface area contributed by atoms with Gasteiger partial charge in [-0.25, -0.2) is 0 Å². The summed E-state index contributed by atoms with van der Waals surface area (Å²) >= 11 is 0. The minimum Gasteiger partial charge on any atom is -0.0671 e. The van der Waals surface area contributed by atoms with E-state index in [1.54, 1.807) is 0 Å². The fourth-order valence-corrected chi connectivity index (χ4v) is 1.12. The van der Waals surface area contributed by atoms with E-state index in [0.717, 1.165) is 0 Å². The summed E-state index contributed by atoms with van der Waals surface area (Å²) < 4.78 is 0. The summed E-state index contributed by atoms with van der Waals surface area (Å²) in [6.45, 7) is 4.72. The van der Waals surface area contributed by atoms with Crippen LogP contribution in [0.3, 0.4) is 0 Å². The molecular weight excluding hydrogens is 93.7 g/mol. The quantitative estimate of drug-likeness (QED) is 0.394. The molecule has 2 atom stereocenters. The average Bonchev–Trinajstić information content (AvgIpc) is 1.64. The maximum absolute atomic E-state index is 2.36. The molecule has 1 fully saturated rings. The highest BCUT2D eigenvalue weighted by molar-refractivity contribution is 6.27. The van der Waals surface area contributed by atoms with Crippen LogP contribution in [-0.4, -0.2) is 15.7 Å². The van der Waals surface area contributed by atoms with Gasteiger partial charge in [0.1, 0.15) is 15.7 Å². The Morgan fingerprint density at radius 2 is 1.25 bits per heavy atom. The Hall–Kier alpha value is 0.130. The van der Waals surface area contributed by atoms with Crippen LogP contribution >= 0.6 is 0 Å². The van der Waals surface area contributed by atoms with Crippen molar-refractivity contribution in [3.05, 3.63) is 0 Å².